The number of rotatable bonds is 1. The molecule has 0 saturated carbocycles. The van der Waals surface area contributed by atoms with Crippen LogP contribution in [0.5, 0.6) is 0 Å². The van der Waals surface area contributed by atoms with Crippen LogP contribution in [0.25, 0.3) is 22.1 Å². The molecular formula is C14H11NO2. The molecule has 0 aliphatic heterocycles. The van der Waals surface area contributed by atoms with E-state index in [-0.39, 0.29) is 5.43 Å². The van der Waals surface area contributed by atoms with Gasteiger partial charge in [0.05, 0.1) is 10.8 Å². The third-order valence-corrected chi connectivity index (χ3v) is 2.92. The minimum atomic E-state index is -0.00958. The highest BCUT2D eigenvalue weighted by Crippen LogP contribution is 2.18. The summed E-state index contributed by atoms with van der Waals surface area (Å²) in [5.41, 5.74) is 2.12. The SMILES string of the molecule is CCc1ccc2oc3ncccc3c(=O)c2c1. The van der Waals surface area contributed by atoms with Crippen LogP contribution in [0.15, 0.2) is 45.7 Å². The Balaban J connectivity index is 2.51. The summed E-state index contributed by atoms with van der Waals surface area (Å²) in [5.74, 6) is 0. The van der Waals surface area contributed by atoms with E-state index in [1.165, 1.54) is 0 Å². The molecule has 0 aliphatic rings. The first-order valence-corrected chi connectivity index (χ1v) is 5.60. The molecule has 0 bridgehead atoms. The van der Waals surface area contributed by atoms with Gasteiger partial charge in [-0.05, 0) is 36.2 Å². The Hall–Kier alpha value is -2.16. The maximum Gasteiger partial charge on any atom is 0.230 e. The van der Waals surface area contributed by atoms with Crippen molar-refractivity contribution in [3.05, 3.63) is 52.3 Å². The van der Waals surface area contributed by atoms with Gasteiger partial charge in [-0.25, -0.2) is 4.98 Å². The fraction of sp³-hybridized carbons (Fsp3) is 0.143. The summed E-state index contributed by atoms with van der Waals surface area (Å²) < 4.78 is 5.62. The summed E-state index contributed by atoms with van der Waals surface area (Å²) in [7, 11) is 0. The van der Waals surface area contributed by atoms with Crippen molar-refractivity contribution >= 4 is 22.1 Å². The van der Waals surface area contributed by atoms with Gasteiger partial charge in [-0.1, -0.05) is 13.0 Å². The summed E-state index contributed by atoms with van der Waals surface area (Å²) in [6.45, 7) is 2.06. The molecule has 17 heavy (non-hydrogen) atoms. The van der Waals surface area contributed by atoms with Crippen molar-refractivity contribution in [2.45, 2.75) is 13.3 Å². The lowest BCUT2D eigenvalue weighted by molar-refractivity contribution is 0.644. The molecule has 3 rings (SSSR count). The van der Waals surface area contributed by atoms with Crippen molar-refractivity contribution in [3.8, 4) is 0 Å². The number of hydrogen-bond acceptors (Lipinski definition) is 3. The number of aryl methyl sites for hydroxylation is 1. The lowest BCUT2D eigenvalue weighted by Gasteiger charge is -2.02. The number of benzene rings is 1. The van der Waals surface area contributed by atoms with E-state index in [4.69, 9.17) is 4.42 Å². The molecule has 0 fully saturated rings. The van der Waals surface area contributed by atoms with E-state index in [2.05, 4.69) is 11.9 Å². The molecule has 0 aliphatic carbocycles. The Morgan fingerprint density at radius 2 is 2.12 bits per heavy atom. The normalized spacial score (nSPS) is 11.1. The van der Waals surface area contributed by atoms with E-state index in [1.54, 1.807) is 18.3 Å². The third-order valence-electron chi connectivity index (χ3n) is 2.92. The smallest absolute Gasteiger partial charge is 0.230 e. The molecule has 2 aromatic heterocycles. The molecule has 3 aromatic rings. The van der Waals surface area contributed by atoms with Crippen LogP contribution in [0.3, 0.4) is 0 Å². The van der Waals surface area contributed by atoms with E-state index < -0.39 is 0 Å². The predicted octanol–water partition coefficient (Wildman–Crippen LogP) is 2.90. The van der Waals surface area contributed by atoms with Gasteiger partial charge >= 0.3 is 0 Å². The van der Waals surface area contributed by atoms with Crippen LogP contribution < -0.4 is 5.43 Å². The number of fused-ring (bicyclic) bond motifs is 2. The van der Waals surface area contributed by atoms with Gasteiger partial charge in [-0.15, -0.1) is 0 Å². The van der Waals surface area contributed by atoms with E-state index in [0.717, 1.165) is 12.0 Å². The number of aromatic nitrogens is 1. The molecule has 0 radical (unpaired) electrons. The maximum absolute atomic E-state index is 12.3. The zero-order valence-corrected chi connectivity index (χ0v) is 9.43. The Bertz CT molecular complexity index is 759. The molecule has 0 amide bonds. The second kappa shape index (κ2) is 3.70. The van der Waals surface area contributed by atoms with E-state index in [0.29, 0.717) is 22.1 Å². The van der Waals surface area contributed by atoms with Crippen molar-refractivity contribution in [2.24, 2.45) is 0 Å². The summed E-state index contributed by atoms with van der Waals surface area (Å²) in [6, 6.07) is 9.19. The van der Waals surface area contributed by atoms with Crippen molar-refractivity contribution in [2.75, 3.05) is 0 Å². The van der Waals surface area contributed by atoms with E-state index >= 15 is 0 Å². The molecule has 1 aromatic carbocycles. The fourth-order valence-electron chi connectivity index (χ4n) is 1.96. The third kappa shape index (κ3) is 1.51. The van der Waals surface area contributed by atoms with Crippen molar-refractivity contribution < 1.29 is 4.42 Å². The fourth-order valence-corrected chi connectivity index (χ4v) is 1.96. The average Bonchev–Trinajstić information content (AvgIpc) is 2.39. The van der Waals surface area contributed by atoms with Crippen LogP contribution in [0, 0.1) is 0 Å². The highest BCUT2D eigenvalue weighted by molar-refractivity contribution is 5.88. The highest BCUT2D eigenvalue weighted by atomic mass is 16.3. The molecule has 3 nitrogen and oxygen atoms in total. The van der Waals surface area contributed by atoms with E-state index in [9.17, 15) is 4.79 Å². The summed E-state index contributed by atoms with van der Waals surface area (Å²) in [4.78, 5) is 16.3. The van der Waals surface area contributed by atoms with Crippen molar-refractivity contribution in [3.63, 3.8) is 0 Å². The molecule has 3 heteroatoms. The minimum Gasteiger partial charge on any atom is -0.437 e. The molecule has 2 heterocycles. The van der Waals surface area contributed by atoms with Gasteiger partial charge in [-0.3, -0.25) is 4.79 Å². The number of pyridine rings is 1. The van der Waals surface area contributed by atoms with Gasteiger partial charge in [0.15, 0.2) is 0 Å². The zero-order valence-electron chi connectivity index (χ0n) is 9.43. The Morgan fingerprint density at radius 1 is 1.24 bits per heavy atom. The number of nitrogens with zero attached hydrogens (tertiary/aromatic N) is 1. The molecule has 0 spiro atoms. The highest BCUT2D eigenvalue weighted by Gasteiger charge is 2.07. The Morgan fingerprint density at radius 3 is 2.94 bits per heavy atom. The molecule has 0 saturated heterocycles. The average molecular weight is 225 g/mol. The van der Waals surface area contributed by atoms with Crippen molar-refractivity contribution in [1.29, 1.82) is 0 Å². The zero-order chi connectivity index (χ0) is 11.8. The van der Waals surface area contributed by atoms with Gasteiger partial charge in [0.1, 0.15) is 5.58 Å². The van der Waals surface area contributed by atoms with Crippen LogP contribution in [0.1, 0.15) is 12.5 Å². The lowest BCUT2D eigenvalue weighted by atomic mass is 10.1. The Kier molecular flexibility index (Phi) is 2.18. The van der Waals surface area contributed by atoms with Crippen LogP contribution in [0.2, 0.25) is 0 Å². The largest absolute Gasteiger partial charge is 0.437 e. The first-order chi connectivity index (χ1) is 8.29. The standard InChI is InChI=1S/C14H11NO2/c1-2-9-5-6-12-11(8-9)13(16)10-4-3-7-15-14(10)17-12/h3-8H,2H2,1H3. The molecule has 0 unspecified atom stereocenters. The van der Waals surface area contributed by atoms with Crippen LogP contribution in [-0.4, -0.2) is 4.98 Å². The van der Waals surface area contributed by atoms with E-state index in [1.807, 2.05) is 18.2 Å². The van der Waals surface area contributed by atoms with Gasteiger partial charge in [0.25, 0.3) is 0 Å². The number of hydrogen-bond donors (Lipinski definition) is 0. The molecule has 84 valence electrons. The molecular weight excluding hydrogens is 214 g/mol. The Labute approximate surface area is 97.7 Å². The van der Waals surface area contributed by atoms with Gasteiger partial charge < -0.3 is 4.42 Å². The predicted molar refractivity (Wildman–Crippen MR) is 67.2 cm³/mol. The van der Waals surface area contributed by atoms with Crippen LogP contribution in [-0.2, 0) is 6.42 Å². The maximum atomic E-state index is 12.3. The second-order valence-corrected chi connectivity index (χ2v) is 3.97. The van der Waals surface area contributed by atoms with Crippen LogP contribution >= 0.6 is 0 Å². The van der Waals surface area contributed by atoms with Crippen molar-refractivity contribution in [1.82, 2.24) is 4.98 Å². The van der Waals surface area contributed by atoms with Crippen LogP contribution in [0.4, 0.5) is 0 Å². The topological polar surface area (TPSA) is 43.1 Å². The first kappa shape index (κ1) is 10.0. The van der Waals surface area contributed by atoms with Gasteiger partial charge in [0.2, 0.25) is 11.1 Å². The first-order valence-electron chi connectivity index (χ1n) is 5.60. The van der Waals surface area contributed by atoms with Gasteiger partial charge in [0, 0.05) is 6.20 Å². The lowest BCUT2D eigenvalue weighted by Crippen LogP contribution is -2.03. The molecule has 0 atom stereocenters. The van der Waals surface area contributed by atoms with Gasteiger partial charge in [-0.2, -0.15) is 0 Å². The monoisotopic (exact) mass is 225 g/mol. The quantitative estimate of drug-likeness (QED) is 0.598. The molecule has 0 N–H and O–H groups in total. The minimum absolute atomic E-state index is 0.00958. The summed E-state index contributed by atoms with van der Waals surface area (Å²) in [5, 5.41) is 1.16. The second-order valence-electron chi connectivity index (χ2n) is 3.97. The summed E-state index contributed by atoms with van der Waals surface area (Å²) in [6.07, 6.45) is 2.53. The summed E-state index contributed by atoms with van der Waals surface area (Å²) >= 11 is 0.